The van der Waals surface area contributed by atoms with Gasteiger partial charge in [-0.05, 0) is 65.4 Å². The molecule has 1 atom stereocenters. The summed E-state index contributed by atoms with van der Waals surface area (Å²) >= 11 is 5.99. The van der Waals surface area contributed by atoms with E-state index in [1.165, 1.54) is 0 Å². The smallest absolute Gasteiger partial charge is 0.266 e. The average molecular weight is 339 g/mol. The minimum Gasteiger partial charge on any atom is -0.478 e. The summed E-state index contributed by atoms with van der Waals surface area (Å²) in [4.78, 5) is 17.1. The largest absolute Gasteiger partial charge is 0.478 e. The van der Waals surface area contributed by atoms with Gasteiger partial charge >= 0.3 is 0 Å². The van der Waals surface area contributed by atoms with E-state index in [-0.39, 0.29) is 5.91 Å². The van der Waals surface area contributed by atoms with Gasteiger partial charge < -0.3 is 14.5 Å². The van der Waals surface area contributed by atoms with E-state index in [0.29, 0.717) is 16.8 Å². The van der Waals surface area contributed by atoms with Crippen LogP contribution in [0, 0.1) is 0 Å². The van der Waals surface area contributed by atoms with E-state index in [1.807, 2.05) is 30.9 Å². The van der Waals surface area contributed by atoms with Gasteiger partial charge in [0.15, 0.2) is 5.60 Å². The number of amides is 1. The predicted molar refractivity (Wildman–Crippen MR) is 94.1 cm³/mol. The van der Waals surface area contributed by atoms with Gasteiger partial charge in [-0.1, -0.05) is 17.7 Å². The van der Waals surface area contributed by atoms with Crippen molar-refractivity contribution in [1.82, 2.24) is 9.80 Å². The minimum absolute atomic E-state index is 0.0388. The fraction of sp³-hybridized carbons (Fsp3) is 0.611. The lowest BCUT2D eigenvalue weighted by molar-refractivity contribution is -0.145. The number of nitrogens with zero attached hydrogens (tertiary/aromatic N) is 2. The number of carbonyl (C=O) groups excluding carboxylic acids is 1. The molecule has 1 fully saturated rings. The van der Waals surface area contributed by atoms with Gasteiger partial charge in [0, 0.05) is 24.2 Å². The van der Waals surface area contributed by atoms with Crippen LogP contribution in [0.15, 0.2) is 24.3 Å². The molecule has 1 amide bonds. The highest BCUT2D eigenvalue weighted by Crippen LogP contribution is 2.25. The summed E-state index contributed by atoms with van der Waals surface area (Å²) < 4.78 is 5.93. The third-order valence-electron chi connectivity index (χ3n) is 4.40. The summed E-state index contributed by atoms with van der Waals surface area (Å²) in [5.41, 5.74) is -0.900. The summed E-state index contributed by atoms with van der Waals surface area (Å²) in [5, 5.41) is 0.606. The van der Waals surface area contributed by atoms with Crippen LogP contribution in [0.2, 0.25) is 5.02 Å². The number of benzene rings is 1. The maximum atomic E-state index is 12.9. The van der Waals surface area contributed by atoms with Crippen molar-refractivity contribution >= 4 is 17.5 Å². The normalized spacial score (nSPS) is 19.6. The molecule has 2 rings (SSSR count). The van der Waals surface area contributed by atoms with Crippen LogP contribution in [-0.4, -0.2) is 54.5 Å². The van der Waals surface area contributed by atoms with Crippen molar-refractivity contribution in [2.45, 2.75) is 44.8 Å². The molecule has 0 radical (unpaired) electrons. The first-order chi connectivity index (χ1) is 10.8. The van der Waals surface area contributed by atoms with E-state index in [0.717, 1.165) is 32.4 Å². The predicted octanol–water partition coefficient (Wildman–Crippen LogP) is 3.44. The topological polar surface area (TPSA) is 32.8 Å². The highest BCUT2D eigenvalue weighted by atomic mass is 35.5. The lowest BCUT2D eigenvalue weighted by Crippen LogP contribution is -2.49. The molecule has 0 aliphatic carbocycles. The van der Waals surface area contributed by atoms with Crippen LogP contribution < -0.4 is 4.74 Å². The average Bonchev–Trinajstić information content (AvgIpc) is 2.71. The zero-order chi connectivity index (χ0) is 17.0. The van der Waals surface area contributed by atoms with Crippen molar-refractivity contribution in [2.24, 2.45) is 0 Å². The van der Waals surface area contributed by atoms with E-state index in [1.54, 1.807) is 12.1 Å². The van der Waals surface area contributed by atoms with Crippen LogP contribution in [0.1, 0.15) is 33.1 Å². The molecule has 1 aromatic carbocycles. The minimum atomic E-state index is -0.900. The quantitative estimate of drug-likeness (QED) is 0.843. The van der Waals surface area contributed by atoms with E-state index >= 15 is 0 Å². The number of hydrogen-bond acceptors (Lipinski definition) is 3. The zero-order valence-electron chi connectivity index (χ0n) is 14.5. The summed E-state index contributed by atoms with van der Waals surface area (Å²) in [6.07, 6.45) is 3.17. The summed E-state index contributed by atoms with van der Waals surface area (Å²) in [6.45, 7) is 5.23. The number of ether oxygens (including phenoxy) is 1. The highest BCUT2D eigenvalue weighted by Gasteiger charge is 2.35. The Hall–Kier alpha value is -1.26. The van der Waals surface area contributed by atoms with Gasteiger partial charge in [0.05, 0.1) is 0 Å². The van der Waals surface area contributed by atoms with Crippen molar-refractivity contribution in [2.75, 3.05) is 27.2 Å². The maximum absolute atomic E-state index is 12.9. The number of likely N-dealkylation sites (tertiary alicyclic amines) is 1. The van der Waals surface area contributed by atoms with Crippen LogP contribution >= 0.6 is 11.6 Å². The van der Waals surface area contributed by atoms with Crippen LogP contribution in [0.25, 0.3) is 0 Å². The van der Waals surface area contributed by atoms with E-state index < -0.39 is 5.60 Å². The van der Waals surface area contributed by atoms with Crippen molar-refractivity contribution in [3.05, 3.63) is 29.3 Å². The number of carbonyl (C=O) groups is 1. The molecule has 0 unspecified atom stereocenters. The Morgan fingerprint density at radius 1 is 1.30 bits per heavy atom. The van der Waals surface area contributed by atoms with Crippen LogP contribution in [0.5, 0.6) is 5.75 Å². The fourth-order valence-electron chi connectivity index (χ4n) is 3.05. The summed E-state index contributed by atoms with van der Waals surface area (Å²) in [7, 11) is 4.21. The Labute approximate surface area is 144 Å². The van der Waals surface area contributed by atoms with Gasteiger partial charge in [0.25, 0.3) is 5.91 Å². The second-order valence-corrected chi connectivity index (χ2v) is 7.35. The third-order valence-corrected chi connectivity index (χ3v) is 4.63. The molecule has 5 heteroatoms. The fourth-order valence-corrected chi connectivity index (χ4v) is 3.23. The summed E-state index contributed by atoms with van der Waals surface area (Å²) in [6, 6.07) is 7.72. The lowest BCUT2D eigenvalue weighted by atomic mass is 10.1. The molecule has 23 heavy (non-hydrogen) atoms. The molecular formula is C18H27ClN2O2. The molecule has 0 bridgehead atoms. The SMILES string of the molecule is CN(C)[C@@H]1CCCN(C(=O)C(C)(C)Oc2cccc(Cl)c2)CC1. The molecular weight excluding hydrogens is 312 g/mol. The first-order valence-electron chi connectivity index (χ1n) is 8.20. The highest BCUT2D eigenvalue weighted by molar-refractivity contribution is 6.30. The Bertz CT molecular complexity index is 546. The molecule has 128 valence electrons. The van der Waals surface area contributed by atoms with E-state index in [4.69, 9.17) is 16.3 Å². The Balaban J connectivity index is 2.03. The number of hydrogen-bond donors (Lipinski definition) is 0. The number of halogens is 1. The monoisotopic (exact) mass is 338 g/mol. The molecule has 0 saturated carbocycles. The van der Waals surface area contributed by atoms with E-state index in [2.05, 4.69) is 19.0 Å². The summed E-state index contributed by atoms with van der Waals surface area (Å²) in [5.74, 6) is 0.661. The zero-order valence-corrected chi connectivity index (χ0v) is 15.3. The maximum Gasteiger partial charge on any atom is 0.266 e. The van der Waals surface area contributed by atoms with Crippen molar-refractivity contribution < 1.29 is 9.53 Å². The van der Waals surface area contributed by atoms with Gasteiger partial charge in [0.2, 0.25) is 0 Å². The van der Waals surface area contributed by atoms with Crippen molar-refractivity contribution in [3.8, 4) is 5.75 Å². The third kappa shape index (κ3) is 4.85. The lowest BCUT2D eigenvalue weighted by Gasteiger charge is -2.32. The van der Waals surface area contributed by atoms with Gasteiger partial charge in [-0.15, -0.1) is 0 Å². The molecule has 1 aromatic rings. The Morgan fingerprint density at radius 2 is 2.04 bits per heavy atom. The first kappa shape index (κ1) is 18.1. The molecule has 1 heterocycles. The van der Waals surface area contributed by atoms with Gasteiger partial charge in [0.1, 0.15) is 5.75 Å². The second kappa shape index (κ2) is 7.54. The van der Waals surface area contributed by atoms with Crippen molar-refractivity contribution in [1.29, 1.82) is 0 Å². The molecule has 0 N–H and O–H groups in total. The standard InChI is InChI=1S/C18H27ClN2O2/c1-18(2,23-16-9-5-7-14(19)13-16)17(22)21-11-6-8-15(10-12-21)20(3)4/h5,7,9,13,15H,6,8,10-12H2,1-4H3/t15-/m1/s1. The van der Waals surface area contributed by atoms with Gasteiger partial charge in [-0.25, -0.2) is 0 Å². The first-order valence-corrected chi connectivity index (χ1v) is 8.58. The van der Waals surface area contributed by atoms with E-state index in [9.17, 15) is 4.79 Å². The van der Waals surface area contributed by atoms with Gasteiger partial charge in [-0.2, -0.15) is 0 Å². The molecule has 4 nitrogen and oxygen atoms in total. The number of rotatable bonds is 4. The molecule has 0 aromatic heterocycles. The van der Waals surface area contributed by atoms with Crippen LogP contribution in [0.4, 0.5) is 0 Å². The molecule has 1 aliphatic heterocycles. The Morgan fingerprint density at radius 3 is 2.70 bits per heavy atom. The van der Waals surface area contributed by atoms with Crippen LogP contribution in [-0.2, 0) is 4.79 Å². The molecule has 1 saturated heterocycles. The molecule has 1 aliphatic rings. The van der Waals surface area contributed by atoms with Crippen molar-refractivity contribution in [3.63, 3.8) is 0 Å². The van der Waals surface area contributed by atoms with Crippen LogP contribution in [0.3, 0.4) is 0 Å². The second-order valence-electron chi connectivity index (χ2n) is 6.91. The molecule has 0 spiro atoms. The Kier molecular flexibility index (Phi) is 5.93. The van der Waals surface area contributed by atoms with Gasteiger partial charge in [-0.3, -0.25) is 4.79 Å².